The van der Waals surface area contributed by atoms with Crippen LogP contribution in [0.5, 0.6) is 0 Å². The number of carbonyl (C=O) groups excluding carboxylic acids is 3. The molecule has 5 aliphatic rings. The molecule has 0 spiro atoms. The molecular weight excluding hydrogens is 1280 g/mol. The van der Waals surface area contributed by atoms with E-state index in [4.69, 9.17) is 33.8 Å². The van der Waals surface area contributed by atoms with Crippen molar-refractivity contribution in [2.75, 3.05) is 40.5 Å². The zero-order valence-corrected chi connectivity index (χ0v) is 59.9. The molecule has 2 amide bonds. The molecule has 8 aromatic rings. The second-order valence-corrected chi connectivity index (χ2v) is 25.7. The van der Waals surface area contributed by atoms with Crippen LogP contribution in [-0.4, -0.2) is 126 Å². The third-order valence-corrected chi connectivity index (χ3v) is 19.0. The number of likely N-dealkylation sites (N-methyl/N-ethyl adjacent to an activating group) is 2. The normalized spacial score (nSPS) is 18.8. The van der Waals surface area contributed by atoms with Crippen molar-refractivity contribution in [3.63, 3.8) is 0 Å². The number of amides is 2. The number of nitrogens with zero attached hydrogens (tertiary/aromatic N) is 10. The Balaban J connectivity index is 0.000000208. The standard InChI is InChI=1S/C26H26FN5O2S.C19H20BFN2O2S.C13H18BrN3O2.CH2O3.CH4.2K.H/c1-14-26(33)31(3)13-21-24(30-25(32(14)21)16-6-8-34-9-7-16)23-18-11-29-20(22-12-28-15(2)35-22)10-17(18)4-5-19(23)27;1-11-22-10-16(26-11)15-8-12-6-7-14(21)17(13(12)9-23-15)20-24-18(2,3)19(4,5)25-20;1-8-13(18)16(2)7-10-11(14)15-12(17(8)10)9-3-5-19-6-4-9;2-1-4-3;;;;/h4-5,10-12,14,16H,6-9,13H2,1-3H3;6-10H,1-5H3;8-9H,3-7H2,1-2H3;1,3H;1H4;;;/q;;;;;2*+1;-1/p-1. The average Bonchev–Trinajstić information content (AvgIpc) is 2.37. The van der Waals surface area contributed by atoms with E-state index < -0.39 is 18.3 Å². The van der Waals surface area contributed by atoms with Gasteiger partial charge in [0.2, 0.25) is 11.8 Å². The number of fused-ring (bicyclic) bond motifs is 4. The molecule has 2 aromatic carbocycles. The van der Waals surface area contributed by atoms with Crippen LogP contribution in [0, 0.1) is 25.5 Å². The molecule has 0 radical (unpaired) electrons. The van der Waals surface area contributed by atoms with Gasteiger partial charge in [-0.25, -0.2) is 28.7 Å². The average molecular weight is 1350 g/mol. The van der Waals surface area contributed by atoms with E-state index in [-0.39, 0.29) is 160 Å². The Kier molecular flexibility index (Phi) is 24.6. The molecule has 3 saturated heterocycles. The zero-order valence-electron chi connectivity index (χ0n) is 51.4. The van der Waals surface area contributed by atoms with Crippen LogP contribution in [0.3, 0.4) is 0 Å². The molecule has 0 aliphatic carbocycles. The molecule has 0 bridgehead atoms. The number of pyridine rings is 2. The van der Waals surface area contributed by atoms with Gasteiger partial charge in [0.05, 0.1) is 72.5 Å². The first-order valence-corrected chi connectivity index (χ1v) is 30.2. The summed E-state index contributed by atoms with van der Waals surface area (Å²) in [5.74, 6) is 1.98. The van der Waals surface area contributed by atoms with Crippen molar-refractivity contribution in [1.29, 1.82) is 0 Å². The van der Waals surface area contributed by atoms with Gasteiger partial charge in [-0.3, -0.25) is 24.4 Å². The number of aryl methyl sites for hydroxylation is 2. The Labute approximate surface area is 608 Å². The fourth-order valence-electron chi connectivity index (χ4n) is 11.3. The monoisotopic (exact) mass is 1340 g/mol. The molecule has 87 heavy (non-hydrogen) atoms. The van der Waals surface area contributed by atoms with Crippen molar-refractivity contribution >= 4 is 91.0 Å². The summed E-state index contributed by atoms with van der Waals surface area (Å²) in [5, 5.41) is 13.6. The molecular formula is C60H70BBrF2K2N10O9S2. The van der Waals surface area contributed by atoms with E-state index in [1.165, 1.54) is 12.1 Å². The number of benzene rings is 2. The van der Waals surface area contributed by atoms with Crippen LogP contribution in [0.1, 0.15) is 133 Å². The van der Waals surface area contributed by atoms with Gasteiger partial charge in [0, 0.05) is 98.9 Å². The number of ether oxygens (including phenoxy) is 2. The number of rotatable bonds is 7. The summed E-state index contributed by atoms with van der Waals surface area (Å²) >= 11 is 6.71. The van der Waals surface area contributed by atoms with Gasteiger partial charge in [0.1, 0.15) is 40.0 Å². The minimum absolute atomic E-state index is 0. The maximum absolute atomic E-state index is 15.5. The summed E-state index contributed by atoms with van der Waals surface area (Å²) in [6.45, 7) is 19.3. The fourth-order valence-corrected chi connectivity index (χ4v) is 13.3. The quantitative estimate of drug-likeness (QED) is 0.0933. The Morgan fingerprint density at radius 3 is 1.61 bits per heavy atom. The van der Waals surface area contributed by atoms with E-state index in [9.17, 15) is 14.0 Å². The summed E-state index contributed by atoms with van der Waals surface area (Å²) in [7, 11) is 2.87. The predicted molar refractivity (Wildman–Crippen MR) is 325 cm³/mol. The maximum Gasteiger partial charge on any atom is 1.00 e. The Morgan fingerprint density at radius 1 is 0.701 bits per heavy atom. The van der Waals surface area contributed by atoms with Gasteiger partial charge >= 0.3 is 110 Å². The van der Waals surface area contributed by atoms with E-state index in [0.29, 0.717) is 59.7 Å². The number of thiazole rings is 2. The molecule has 3 fully saturated rings. The first-order valence-electron chi connectivity index (χ1n) is 27.7. The largest absolute Gasteiger partial charge is 1.00 e. The van der Waals surface area contributed by atoms with Crippen LogP contribution in [0.25, 0.3) is 53.9 Å². The van der Waals surface area contributed by atoms with Gasteiger partial charge in [-0.1, -0.05) is 19.6 Å². The topological polar surface area (TPSA) is 214 Å². The fraction of sp³-hybridized carbons (Fsp3) is 0.450. The maximum atomic E-state index is 15.5. The van der Waals surface area contributed by atoms with Gasteiger partial charge in [-0.2, -0.15) is 0 Å². The third kappa shape index (κ3) is 14.9. The molecule has 0 N–H and O–H groups in total. The Bertz CT molecular complexity index is 3770. The summed E-state index contributed by atoms with van der Waals surface area (Å²) in [4.78, 5) is 69.3. The summed E-state index contributed by atoms with van der Waals surface area (Å²) in [6, 6.07) is 9.89. The Morgan fingerprint density at radius 2 is 1.14 bits per heavy atom. The van der Waals surface area contributed by atoms with E-state index in [1.807, 2.05) is 91.5 Å². The van der Waals surface area contributed by atoms with E-state index in [2.05, 4.69) is 50.3 Å². The summed E-state index contributed by atoms with van der Waals surface area (Å²) in [5.41, 5.74) is 4.01. The zero-order chi connectivity index (χ0) is 59.9. The second kappa shape index (κ2) is 30.1. The number of aromatic nitrogens is 8. The van der Waals surface area contributed by atoms with Crippen LogP contribution in [-0.2, 0) is 51.1 Å². The van der Waals surface area contributed by atoms with Gasteiger partial charge in [0.25, 0.3) is 6.47 Å². The second-order valence-electron chi connectivity index (χ2n) is 22.5. The van der Waals surface area contributed by atoms with E-state index >= 15 is 4.39 Å². The molecule has 27 heteroatoms. The van der Waals surface area contributed by atoms with Gasteiger partial charge in [0.15, 0.2) is 0 Å². The predicted octanol–water partition coefficient (Wildman–Crippen LogP) is 4.47. The van der Waals surface area contributed by atoms with Gasteiger partial charge in [-0.15, -0.1) is 22.7 Å². The van der Waals surface area contributed by atoms with Gasteiger partial charge < -0.3 is 49.3 Å². The number of carbonyl (C=O) groups is 3. The molecule has 19 nitrogen and oxygen atoms in total. The minimum Gasteiger partial charge on any atom is -1.00 e. The van der Waals surface area contributed by atoms with Crippen molar-refractivity contribution < 1.29 is 156 Å². The smallest absolute Gasteiger partial charge is 1.00 e. The molecule has 0 saturated carbocycles. The molecule has 6 aromatic heterocycles. The van der Waals surface area contributed by atoms with Crippen LogP contribution >= 0.6 is 38.6 Å². The van der Waals surface area contributed by atoms with Crippen LogP contribution in [0.4, 0.5) is 8.78 Å². The Hall–Kier alpha value is -3.17. The van der Waals surface area contributed by atoms with Crippen LogP contribution in [0.15, 0.2) is 65.8 Å². The molecule has 452 valence electrons. The van der Waals surface area contributed by atoms with Crippen molar-refractivity contribution in [3.8, 4) is 32.4 Å². The van der Waals surface area contributed by atoms with Crippen LogP contribution in [0.2, 0.25) is 0 Å². The van der Waals surface area contributed by atoms with Crippen molar-refractivity contribution in [2.24, 2.45) is 0 Å². The molecule has 13 rings (SSSR count). The van der Waals surface area contributed by atoms with Crippen molar-refractivity contribution in [3.05, 3.63) is 110 Å². The molecule has 2 atom stereocenters. The number of hydrogen-bond donors (Lipinski definition) is 0. The number of halogens is 3. The van der Waals surface area contributed by atoms with E-state index in [1.54, 1.807) is 64.0 Å². The minimum atomic E-state index is -0.762. The van der Waals surface area contributed by atoms with E-state index in [0.717, 1.165) is 108 Å². The van der Waals surface area contributed by atoms with Crippen molar-refractivity contribution in [1.82, 2.24) is 48.8 Å². The first kappa shape index (κ1) is 71.3. The van der Waals surface area contributed by atoms with Gasteiger partial charge in [-0.05, 0) is 132 Å². The van der Waals surface area contributed by atoms with Crippen molar-refractivity contribution in [2.45, 2.75) is 137 Å². The SMILES string of the molecule is C.CC1C(=O)N(C)Cc2c(Br)nc(C3CCOCC3)n21.Cc1ncc(-c2cc3ccc(F)c(-c4nc(C5CCOCC5)n5c4CN(C)C(=O)C5C)c3cn2)s1.Cc1ncc(-c2cc3ccc(F)c(B4OC(C)(C)C(C)(C)O4)c3cn2)s1.O=CO[O-].[H-].[K+].[K+]. The number of hydrogen-bond acceptors (Lipinski definition) is 17. The molecule has 5 aliphatic heterocycles. The molecule has 2 unspecified atom stereocenters. The first-order chi connectivity index (χ1) is 40.1. The molecule has 11 heterocycles. The summed E-state index contributed by atoms with van der Waals surface area (Å²) < 4.78 is 58.4. The van der Waals surface area contributed by atoms with Crippen LogP contribution < -0.4 is 113 Å². The summed E-state index contributed by atoms with van der Waals surface area (Å²) in [6.07, 6.45) is 10.7. The third-order valence-electron chi connectivity index (χ3n) is 16.5. The number of imidazole rings is 2.